The normalized spacial score (nSPS) is 12.9. The third-order valence-corrected chi connectivity index (χ3v) is 14.9. The molecule has 1 heterocycles. The number of aryl methyl sites for hydroxylation is 4. The molecule has 0 unspecified atom stereocenters. The summed E-state index contributed by atoms with van der Waals surface area (Å²) in [6.45, 7) is 23.1. The van der Waals surface area contributed by atoms with Gasteiger partial charge in [0.15, 0.2) is 0 Å². The van der Waals surface area contributed by atoms with Crippen LogP contribution in [-0.4, -0.2) is 4.70 Å². The van der Waals surface area contributed by atoms with E-state index >= 15 is 0 Å². The quantitative estimate of drug-likeness (QED) is 0.0380. The number of hydrogen-bond acceptors (Lipinski definition) is 0. The van der Waals surface area contributed by atoms with Crippen molar-refractivity contribution in [3.8, 4) is 0 Å². The number of hydrogen-bond donors (Lipinski definition) is 0. The second-order valence-corrected chi connectivity index (χ2v) is 20.6. The summed E-state index contributed by atoms with van der Waals surface area (Å²) in [5.74, 6) is 0. The zero-order valence-electron chi connectivity index (χ0n) is 42.1. The van der Waals surface area contributed by atoms with E-state index in [1.165, 1.54) is 183 Å². The summed E-state index contributed by atoms with van der Waals surface area (Å²) in [7, 11) is 0. The predicted molar refractivity (Wildman–Crippen MR) is 270 cm³/mol. The summed E-state index contributed by atoms with van der Waals surface area (Å²) >= 11 is 1.08. The molecular weight excluding hydrogens is 831 g/mol. The molecule has 0 saturated carbocycles. The van der Waals surface area contributed by atoms with E-state index in [4.69, 9.17) is 0 Å². The van der Waals surface area contributed by atoms with Crippen LogP contribution < -0.4 is 0 Å². The van der Waals surface area contributed by atoms with Crippen molar-refractivity contribution in [2.24, 2.45) is 0 Å². The topological polar surface area (TPSA) is 25.3 Å². The number of benzene rings is 2. The second-order valence-electron chi connectivity index (χ2n) is 18.2. The molecule has 0 aliphatic carbocycles. The fraction of sp³-hybridized carbons (Fsp3) is 0.724. The van der Waals surface area contributed by atoms with Gasteiger partial charge in [-0.25, -0.2) is 4.70 Å². The molecule has 0 radical (unpaired) electrons. The molecule has 1 aliphatic rings. The van der Waals surface area contributed by atoms with Gasteiger partial charge in [-0.3, -0.25) is 0 Å². The van der Waals surface area contributed by atoms with Gasteiger partial charge in [0.25, 0.3) is 0 Å². The average Bonchev–Trinajstić information content (AvgIpc) is 3.55. The van der Waals surface area contributed by atoms with E-state index in [1.54, 1.807) is 15.8 Å². The molecule has 0 aromatic heterocycles. The number of allylic oxidation sites excluding steroid dienone is 2. The van der Waals surface area contributed by atoms with E-state index in [1.807, 2.05) is 0 Å². The third-order valence-electron chi connectivity index (χ3n) is 12.8. The van der Waals surface area contributed by atoms with Crippen molar-refractivity contribution >= 4 is 11.4 Å². The fourth-order valence-corrected chi connectivity index (χ4v) is 10.9. The number of unbranched alkanes of at least 4 members (excludes halogenated alkanes) is 12. The first-order valence-corrected chi connectivity index (χ1v) is 28.8. The summed E-state index contributed by atoms with van der Waals surface area (Å²) in [6, 6.07) is 10.0. The first-order valence-electron chi connectivity index (χ1n) is 26.6. The van der Waals surface area contributed by atoms with Crippen LogP contribution in [0.1, 0.15) is 268 Å². The Morgan fingerprint density at radius 1 is 0.344 bits per heavy atom. The molecule has 0 N–H and O–H groups in total. The van der Waals surface area contributed by atoms with Crippen molar-refractivity contribution in [3.63, 3.8) is 0 Å². The number of rotatable bonds is 34. The molecule has 0 spiro atoms. The molecule has 1 aliphatic heterocycles. The molecule has 61 heavy (non-hydrogen) atoms. The van der Waals surface area contributed by atoms with Gasteiger partial charge in [0.05, 0.1) is 0 Å². The molecule has 2 nitrogen and oxygen atoms in total. The van der Waals surface area contributed by atoms with Crippen molar-refractivity contribution in [3.05, 3.63) is 85.5 Å². The molecule has 0 atom stereocenters. The molecule has 0 fully saturated rings. The molecule has 0 saturated heterocycles. The summed E-state index contributed by atoms with van der Waals surface area (Å²) in [5, 5.41) is 0. The Morgan fingerprint density at radius 2 is 0.607 bits per heavy atom. The third kappa shape index (κ3) is 19.1. The van der Waals surface area contributed by atoms with Crippen LogP contribution in [0.25, 0.3) is 16.9 Å². The zero-order valence-corrected chi connectivity index (χ0v) is 43.7. The summed E-state index contributed by atoms with van der Waals surface area (Å²) < 4.78 is 1.69. The Bertz CT molecular complexity index is 1390. The predicted octanol–water partition coefficient (Wildman–Crippen LogP) is 19.6. The van der Waals surface area contributed by atoms with Crippen LogP contribution in [0.15, 0.2) is 35.4 Å². The van der Waals surface area contributed by atoms with Gasteiger partial charge >= 0.3 is 80.1 Å². The monoisotopic (exact) mass is 929 g/mol. The Kier molecular flexibility index (Phi) is 31.3. The van der Waals surface area contributed by atoms with Gasteiger partial charge in [-0.1, -0.05) is 107 Å². The standard InChI is InChI=1S/C48H76N2.2C5H11.Pd/c1-9-17-25-37-33-41(34-38(26-18-10-2)43(37)29-21-13-5)47-45(31-23-15-7)46(32-24-16-8)48(50(47)49)42-35-39(27-19-11-3)44(30-22-14-6)40(36-42)28-20-12-4;2*1-3-5-4-2;/h33-36H,9-32H2,1-8H3;2*1,3-5H2,2H3;. The van der Waals surface area contributed by atoms with Gasteiger partial charge in [-0.2, -0.15) is 0 Å². The second kappa shape index (κ2) is 34.6. The van der Waals surface area contributed by atoms with Crippen LogP contribution in [0.3, 0.4) is 0 Å². The van der Waals surface area contributed by atoms with Gasteiger partial charge in [0.1, 0.15) is 0 Å². The van der Waals surface area contributed by atoms with Gasteiger partial charge in [-0.05, 0) is 160 Å². The van der Waals surface area contributed by atoms with Gasteiger partial charge in [-0.15, -0.1) is 0 Å². The molecule has 0 bridgehead atoms. The van der Waals surface area contributed by atoms with Crippen LogP contribution in [0, 0.1) is 0 Å². The van der Waals surface area contributed by atoms with Gasteiger partial charge < -0.3 is 5.53 Å². The molecule has 2 aromatic rings. The first-order chi connectivity index (χ1) is 29.8. The molecule has 350 valence electrons. The Hall–Kier alpha value is -1.82. The maximum absolute atomic E-state index is 12.7. The van der Waals surface area contributed by atoms with E-state index in [2.05, 4.69) is 93.5 Å². The minimum absolute atomic E-state index is 1.03. The van der Waals surface area contributed by atoms with Gasteiger partial charge in [0, 0.05) is 22.3 Å². The van der Waals surface area contributed by atoms with E-state index in [-0.39, 0.29) is 0 Å². The summed E-state index contributed by atoms with van der Waals surface area (Å²) in [5.41, 5.74) is 29.5. The Labute approximate surface area is 389 Å². The fourth-order valence-electron chi connectivity index (χ4n) is 8.97. The van der Waals surface area contributed by atoms with Gasteiger partial charge in [0.2, 0.25) is 11.4 Å². The maximum atomic E-state index is 12.7. The number of nitrogens with zero attached hydrogens (tertiary/aromatic N) is 2. The van der Waals surface area contributed by atoms with E-state index < -0.39 is 0 Å². The molecular formula is C58H98N2Pd. The summed E-state index contributed by atoms with van der Waals surface area (Å²) in [6.07, 6.45) is 36.8. The molecule has 3 heteroatoms. The zero-order chi connectivity index (χ0) is 44.7. The molecule has 0 amide bonds. The van der Waals surface area contributed by atoms with Crippen LogP contribution in [0.4, 0.5) is 0 Å². The molecule has 2 aromatic carbocycles. The van der Waals surface area contributed by atoms with Crippen LogP contribution in [0.5, 0.6) is 0 Å². The van der Waals surface area contributed by atoms with E-state index in [9.17, 15) is 5.53 Å². The van der Waals surface area contributed by atoms with Crippen molar-refractivity contribution in [1.82, 2.24) is 0 Å². The Morgan fingerprint density at radius 3 is 0.885 bits per heavy atom. The van der Waals surface area contributed by atoms with Crippen LogP contribution in [0.2, 0.25) is 9.79 Å². The minimum atomic E-state index is 1.03. The summed E-state index contributed by atoms with van der Waals surface area (Å²) in [4.78, 5) is 3.04. The van der Waals surface area contributed by atoms with Crippen LogP contribution in [-0.2, 0) is 56.5 Å². The SMILES string of the molecule is CCCCC1=C(c2cc(CCCC)c(CCCC)c(CCCC)c2)[N+](=[N-])C(c2cc(CCCC)c(CCCC)c(CCCC)c2)=C1CCCC.CCCC[CH2][Pd][CH2]CCCC. The van der Waals surface area contributed by atoms with Crippen molar-refractivity contribution in [1.29, 1.82) is 0 Å². The average molecular weight is 930 g/mol. The van der Waals surface area contributed by atoms with E-state index in [0.717, 1.165) is 93.6 Å². The first kappa shape index (κ1) is 55.3. The van der Waals surface area contributed by atoms with Crippen LogP contribution >= 0.6 is 0 Å². The van der Waals surface area contributed by atoms with Crippen molar-refractivity contribution in [2.45, 2.75) is 272 Å². The molecule has 3 rings (SSSR count). The van der Waals surface area contributed by atoms with Crippen molar-refractivity contribution < 1.29 is 22.7 Å². The van der Waals surface area contributed by atoms with Crippen molar-refractivity contribution in [2.75, 3.05) is 0 Å². The van der Waals surface area contributed by atoms with E-state index in [0.29, 0.717) is 0 Å². The Balaban J connectivity index is 0.00000102.